The van der Waals surface area contributed by atoms with E-state index in [4.69, 9.17) is 0 Å². The average molecular weight is 232 g/mol. The summed E-state index contributed by atoms with van der Waals surface area (Å²) in [6.07, 6.45) is 2.13. The van der Waals surface area contributed by atoms with Crippen molar-refractivity contribution in [3.8, 4) is 0 Å². The SMILES string of the molecule is CSc1ccccc1Pc1ccccc1. The largest absolute Gasteiger partial charge is 0.129 e. The molecule has 0 N–H and O–H groups in total. The maximum atomic E-state index is 2.22. The zero-order valence-electron chi connectivity index (χ0n) is 8.60. The molecule has 2 aromatic rings. The van der Waals surface area contributed by atoms with E-state index in [1.807, 2.05) is 11.8 Å². The lowest BCUT2D eigenvalue weighted by molar-refractivity contribution is 1.53. The van der Waals surface area contributed by atoms with Crippen LogP contribution >= 0.6 is 20.3 Å². The average Bonchev–Trinajstić information content (AvgIpc) is 2.31. The van der Waals surface area contributed by atoms with Gasteiger partial charge in [-0.1, -0.05) is 57.1 Å². The standard InChI is InChI=1S/C13H13PS/c1-15-13-10-6-5-9-12(13)14-11-7-3-2-4-8-11/h2-10,14H,1H3. The van der Waals surface area contributed by atoms with Crippen LogP contribution in [-0.4, -0.2) is 6.26 Å². The maximum absolute atomic E-state index is 2.22. The van der Waals surface area contributed by atoms with Gasteiger partial charge < -0.3 is 0 Å². The molecule has 76 valence electrons. The topological polar surface area (TPSA) is 0 Å². The Bertz CT molecular complexity index is 426. The van der Waals surface area contributed by atoms with Gasteiger partial charge in [0.15, 0.2) is 0 Å². The van der Waals surface area contributed by atoms with Crippen LogP contribution in [0.4, 0.5) is 0 Å². The highest BCUT2D eigenvalue weighted by Gasteiger charge is 2.00. The molecule has 0 nitrogen and oxygen atoms in total. The van der Waals surface area contributed by atoms with E-state index < -0.39 is 0 Å². The molecule has 0 aliphatic heterocycles. The summed E-state index contributed by atoms with van der Waals surface area (Å²) in [4.78, 5) is 1.39. The summed E-state index contributed by atoms with van der Waals surface area (Å²) >= 11 is 1.82. The van der Waals surface area contributed by atoms with Crippen molar-refractivity contribution < 1.29 is 0 Å². The van der Waals surface area contributed by atoms with Crippen LogP contribution in [-0.2, 0) is 0 Å². The Labute approximate surface area is 96.9 Å². The first-order valence-corrected chi connectivity index (χ1v) is 7.08. The second-order valence-electron chi connectivity index (χ2n) is 3.19. The van der Waals surface area contributed by atoms with Gasteiger partial charge in [0, 0.05) is 4.90 Å². The lowest BCUT2D eigenvalue weighted by Crippen LogP contribution is -2.04. The van der Waals surface area contributed by atoms with Crippen LogP contribution in [0.3, 0.4) is 0 Å². The summed E-state index contributed by atoms with van der Waals surface area (Å²) in [7, 11) is 0.762. The van der Waals surface area contributed by atoms with Crippen LogP contribution in [0.1, 0.15) is 0 Å². The van der Waals surface area contributed by atoms with Gasteiger partial charge in [-0.05, 0) is 22.9 Å². The van der Waals surface area contributed by atoms with Crippen LogP contribution in [0.2, 0.25) is 0 Å². The minimum Gasteiger partial charge on any atom is -0.129 e. The molecule has 0 saturated carbocycles. The predicted molar refractivity (Wildman–Crippen MR) is 72.2 cm³/mol. The van der Waals surface area contributed by atoms with Gasteiger partial charge in [0.25, 0.3) is 0 Å². The molecule has 0 spiro atoms. The lowest BCUT2D eigenvalue weighted by Gasteiger charge is -2.06. The van der Waals surface area contributed by atoms with Gasteiger partial charge >= 0.3 is 0 Å². The first kappa shape index (κ1) is 10.7. The van der Waals surface area contributed by atoms with Crippen molar-refractivity contribution in [1.82, 2.24) is 0 Å². The maximum Gasteiger partial charge on any atom is 0.0147 e. The van der Waals surface area contributed by atoms with Crippen molar-refractivity contribution >= 4 is 31.0 Å². The van der Waals surface area contributed by atoms with Gasteiger partial charge in [-0.2, -0.15) is 0 Å². The summed E-state index contributed by atoms with van der Waals surface area (Å²) in [5, 5.41) is 2.84. The summed E-state index contributed by atoms with van der Waals surface area (Å²) < 4.78 is 0. The van der Waals surface area contributed by atoms with E-state index in [9.17, 15) is 0 Å². The first-order valence-electron chi connectivity index (χ1n) is 4.85. The van der Waals surface area contributed by atoms with Crippen molar-refractivity contribution in [1.29, 1.82) is 0 Å². The van der Waals surface area contributed by atoms with Gasteiger partial charge in [0.1, 0.15) is 0 Å². The fraction of sp³-hybridized carbons (Fsp3) is 0.0769. The molecule has 0 aliphatic rings. The van der Waals surface area contributed by atoms with Crippen LogP contribution in [0.25, 0.3) is 0 Å². The minimum absolute atomic E-state index is 0.762. The number of thioether (sulfide) groups is 1. The summed E-state index contributed by atoms with van der Waals surface area (Å²) in [5.41, 5.74) is 0. The second-order valence-corrected chi connectivity index (χ2v) is 5.41. The molecule has 0 aliphatic carbocycles. The summed E-state index contributed by atoms with van der Waals surface area (Å²) in [5.74, 6) is 0. The molecule has 1 atom stereocenters. The molecule has 0 saturated heterocycles. The molecular formula is C13H13PS. The molecule has 0 amide bonds. The Balaban J connectivity index is 2.24. The molecule has 0 bridgehead atoms. The zero-order chi connectivity index (χ0) is 10.5. The van der Waals surface area contributed by atoms with Crippen LogP contribution in [0.15, 0.2) is 59.5 Å². The van der Waals surface area contributed by atoms with Gasteiger partial charge in [-0.25, -0.2) is 0 Å². The minimum atomic E-state index is 0.762. The Morgan fingerprint density at radius 2 is 1.53 bits per heavy atom. The summed E-state index contributed by atoms with van der Waals surface area (Å²) in [6, 6.07) is 19.3. The molecular weight excluding hydrogens is 219 g/mol. The van der Waals surface area contributed by atoms with Crippen molar-refractivity contribution in [2.45, 2.75) is 4.90 Å². The van der Waals surface area contributed by atoms with E-state index in [2.05, 4.69) is 60.9 Å². The van der Waals surface area contributed by atoms with Crippen LogP contribution < -0.4 is 10.6 Å². The van der Waals surface area contributed by atoms with E-state index >= 15 is 0 Å². The number of rotatable bonds is 3. The molecule has 0 aromatic heterocycles. The molecule has 0 fully saturated rings. The molecule has 0 radical (unpaired) electrons. The molecule has 0 heterocycles. The molecule has 1 unspecified atom stereocenters. The second kappa shape index (κ2) is 5.34. The van der Waals surface area contributed by atoms with Gasteiger partial charge in [0.05, 0.1) is 0 Å². The summed E-state index contributed by atoms with van der Waals surface area (Å²) in [6.45, 7) is 0. The van der Waals surface area contributed by atoms with Gasteiger partial charge in [-0.3, -0.25) is 0 Å². The van der Waals surface area contributed by atoms with E-state index in [0.29, 0.717) is 0 Å². The Morgan fingerprint density at radius 1 is 0.867 bits per heavy atom. The van der Waals surface area contributed by atoms with Gasteiger partial charge in [0.2, 0.25) is 0 Å². The number of hydrogen-bond acceptors (Lipinski definition) is 1. The van der Waals surface area contributed by atoms with Gasteiger partial charge in [-0.15, -0.1) is 11.8 Å². The highest BCUT2D eigenvalue weighted by Crippen LogP contribution is 2.20. The highest BCUT2D eigenvalue weighted by molar-refractivity contribution is 7.99. The van der Waals surface area contributed by atoms with Crippen molar-refractivity contribution in [2.24, 2.45) is 0 Å². The lowest BCUT2D eigenvalue weighted by atomic mass is 10.4. The third-order valence-electron chi connectivity index (χ3n) is 2.16. The molecule has 2 aromatic carbocycles. The molecule has 15 heavy (non-hydrogen) atoms. The normalized spacial score (nSPS) is 11.0. The third kappa shape index (κ3) is 2.84. The smallest absolute Gasteiger partial charge is 0.0147 e. The highest BCUT2D eigenvalue weighted by atomic mass is 32.2. The number of benzene rings is 2. The Morgan fingerprint density at radius 3 is 2.27 bits per heavy atom. The first-order chi connectivity index (χ1) is 7.40. The molecule has 2 rings (SSSR count). The van der Waals surface area contributed by atoms with Crippen molar-refractivity contribution in [3.63, 3.8) is 0 Å². The van der Waals surface area contributed by atoms with E-state index in [1.54, 1.807) is 0 Å². The van der Waals surface area contributed by atoms with Crippen molar-refractivity contribution in [2.75, 3.05) is 6.26 Å². The van der Waals surface area contributed by atoms with E-state index in [1.165, 1.54) is 15.5 Å². The van der Waals surface area contributed by atoms with Crippen LogP contribution in [0.5, 0.6) is 0 Å². The zero-order valence-corrected chi connectivity index (χ0v) is 10.4. The third-order valence-corrected chi connectivity index (χ3v) is 4.46. The quantitative estimate of drug-likeness (QED) is 0.579. The monoisotopic (exact) mass is 232 g/mol. The Kier molecular flexibility index (Phi) is 3.82. The van der Waals surface area contributed by atoms with Crippen LogP contribution in [0, 0.1) is 0 Å². The number of hydrogen-bond donors (Lipinski definition) is 0. The predicted octanol–water partition coefficient (Wildman–Crippen LogP) is 3.04. The fourth-order valence-electron chi connectivity index (χ4n) is 1.42. The molecule has 2 heteroatoms. The van der Waals surface area contributed by atoms with E-state index in [0.717, 1.165) is 8.58 Å². The fourth-order valence-corrected chi connectivity index (χ4v) is 3.44. The van der Waals surface area contributed by atoms with Crippen molar-refractivity contribution in [3.05, 3.63) is 54.6 Å². The Hall–Kier alpha value is -0.780. The van der Waals surface area contributed by atoms with E-state index in [-0.39, 0.29) is 0 Å².